The molecule has 1 amide bonds. The highest BCUT2D eigenvalue weighted by molar-refractivity contribution is 8.00. The molecule has 0 aliphatic carbocycles. The van der Waals surface area contributed by atoms with Crippen molar-refractivity contribution >= 4 is 35.1 Å². The summed E-state index contributed by atoms with van der Waals surface area (Å²) in [5, 5.41) is 5.62. The molecule has 0 saturated heterocycles. The topological polar surface area (TPSA) is 76.5 Å². The van der Waals surface area contributed by atoms with Gasteiger partial charge in [0.1, 0.15) is 10.8 Å². The molecule has 1 aromatic carbocycles. The van der Waals surface area contributed by atoms with Gasteiger partial charge in [0.25, 0.3) is 0 Å². The van der Waals surface area contributed by atoms with Gasteiger partial charge in [0.2, 0.25) is 5.91 Å². The van der Waals surface area contributed by atoms with Crippen LogP contribution in [0.5, 0.6) is 5.75 Å². The second-order valence-electron chi connectivity index (χ2n) is 5.08. The monoisotopic (exact) mass is 376 g/mol. The molecule has 0 aliphatic heterocycles. The Bertz CT molecular complexity index is 764. The minimum Gasteiger partial charge on any atom is -0.497 e. The number of rotatable bonds is 7. The summed E-state index contributed by atoms with van der Waals surface area (Å²) in [6, 6.07) is 9.36. The van der Waals surface area contributed by atoms with Gasteiger partial charge in [-0.2, -0.15) is 5.10 Å². The van der Waals surface area contributed by atoms with Gasteiger partial charge in [-0.1, -0.05) is 23.5 Å². The van der Waals surface area contributed by atoms with E-state index in [4.69, 9.17) is 4.74 Å². The standard InChI is InChI=1S/C17H20N4O2S2/c1-11-9-16(19-17(18-11)24-4)25-10-15(22)21-20-12(2)13-5-7-14(23-3)8-6-13/h5-9H,10H2,1-4H3,(H,21,22)/b20-12+. The number of ether oxygens (including phenoxy) is 1. The maximum Gasteiger partial charge on any atom is 0.250 e. The average Bonchev–Trinajstić information content (AvgIpc) is 2.64. The summed E-state index contributed by atoms with van der Waals surface area (Å²) >= 11 is 2.84. The summed E-state index contributed by atoms with van der Waals surface area (Å²) in [5.74, 6) is 0.838. The van der Waals surface area contributed by atoms with E-state index in [-0.39, 0.29) is 11.7 Å². The number of hydrogen-bond acceptors (Lipinski definition) is 7. The molecule has 8 heteroatoms. The molecule has 0 atom stereocenters. The third kappa shape index (κ3) is 6.06. The molecular formula is C17H20N4O2S2. The third-order valence-electron chi connectivity index (χ3n) is 3.20. The zero-order chi connectivity index (χ0) is 18.2. The van der Waals surface area contributed by atoms with Crippen LogP contribution in [0.4, 0.5) is 0 Å². The van der Waals surface area contributed by atoms with Crippen LogP contribution in [0.2, 0.25) is 0 Å². The van der Waals surface area contributed by atoms with Gasteiger partial charge >= 0.3 is 0 Å². The van der Waals surface area contributed by atoms with Crippen molar-refractivity contribution in [1.82, 2.24) is 15.4 Å². The number of carbonyl (C=O) groups excluding carboxylic acids is 1. The number of amides is 1. The lowest BCUT2D eigenvalue weighted by Gasteiger charge is -2.05. The minimum atomic E-state index is -0.181. The number of thioether (sulfide) groups is 2. The fraction of sp³-hybridized carbons (Fsp3) is 0.294. The van der Waals surface area contributed by atoms with Crippen LogP contribution in [0.1, 0.15) is 18.2 Å². The van der Waals surface area contributed by atoms with Gasteiger partial charge < -0.3 is 4.74 Å². The molecule has 0 saturated carbocycles. The summed E-state index contributed by atoms with van der Waals surface area (Å²) in [6.45, 7) is 3.75. The van der Waals surface area contributed by atoms with Crippen LogP contribution in [-0.2, 0) is 4.79 Å². The molecule has 0 fully saturated rings. The molecule has 132 valence electrons. The minimum absolute atomic E-state index is 0.181. The number of aromatic nitrogens is 2. The lowest BCUT2D eigenvalue weighted by atomic mass is 10.1. The first-order valence-corrected chi connectivity index (χ1v) is 9.73. The number of nitrogens with zero attached hydrogens (tertiary/aromatic N) is 3. The second kappa shape index (κ2) is 9.43. The van der Waals surface area contributed by atoms with Gasteiger partial charge in [-0.05, 0) is 56.0 Å². The molecule has 0 spiro atoms. The van der Waals surface area contributed by atoms with Gasteiger partial charge in [0, 0.05) is 5.69 Å². The number of hydrogen-bond donors (Lipinski definition) is 1. The molecule has 0 bridgehead atoms. The Kier molecular flexibility index (Phi) is 7.27. The quantitative estimate of drug-likeness (QED) is 0.263. The van der Waals surface area contributed by atoms with E-state index in [1.807, 2.05) is 50.4 Å². The average molecular weight is 377 g/mol. The summed E-state index contributed by atoms with van der Waals surface area (Å²) in [5.41, 5.74) is 5.10. The van der Waals surface area contributed by atoms with Crippen molar-refractivity contribution in [3.63, 3.8) is 0 Å². The van der Waals surface area contributed by atoms with E-state index in [0.717, 1.165) is 27.7 Å². The summed E-state index contributed by atoms with van der Waals surface area (Å²) in [4.78, 5) is 20.6. The largest absolute Gasteiger partial charge is 0.497 e. The SMILES string of the molecule is COc1ccc(/C(C)=N/NC(=O)CSc2cc(C)nc(SC)n2)cc1. The fourth-order valence-electron chi connectivity index (χ4n) is 1.89. The first-order valence-electron chi connectivity index (χ1n) is 7.52. The predicted molar refractivity (Wildman–Crippen MR) is 103 cm³/mol. The summed E-state index contributed by atoms with van der Waals surface area (Å²) in [7, 11) is 1.62. The zero-order valence-electron chi connectivity index (χ0n) is 14.6. The Balaban J connectivity index is 1.90. The lowest BCUT2D eigenvalue weighted by Crippen LogP contribution is -2.21. The van der Waals surface area contributed by atoms with Crippen molar-refractivity contribution in [2.24, 2.45) is 5.10 Å². The van der Waals surface area contributed by atoms with Crippen molar-refractivity contribution in [3.05, 3.63) is 41.6 Å². The number of methoxy groups -OCH3 is 1. The Morgan fingerprint density at radius 3 is 2.64 bits per heavy atom. The van der Waals surface area contributed by atoms with Gasteiger partial charge in [-0.25, -0.2) is 15.4 Å². The van der Waals surface area contributed by atoms with E-state index in [0.29, 0.717) is 5.16 Å². The third-order valence-corrected chi connectivity index (χ3v) is 4.66. The van der Waals surface area contributed by atoms with E-state index in [9.17, 15) is 4.79 Å². The van der Waals surface area contributed by atoms with E-state index in [1.54, 1.807) is 7.11 Å². The second-order valence-corrected chi connectivity index (χ2v) is 6.85. The first-order chi connectivity index (χ1) is 12.0. The van der Waals surface area contributed by atoms with E-state index >= 15 is 0 Å². The van der Waals surface area contributed by atoms with Crippen LogP contribution in [-0.4, -0.2) is 40.7 Å². The van der Waals surface area contributed by atoms with E-state index in [1.165, 1.54) is 23.5 Å². The molecule has 25 heavy (non-hydrogen) atoms. The van der Waals surface area contributed by atoms with Crippen LogP contribution in [0.3, 0.4) is 0 Å². The van der Waals surface area contributed by atoms with Crippen LogP contribution in [0.15, 0.2) is 45.6 Å². The molecule has 2 rings (SSSR count). The molecule has 1 aromatic heterocycles. The molecule has 0 aliphatic rings. The maximum atomic E-state index is 12.0. The lowest BCUT2D eigenvalue weighted by molar-refractivity contribution is -0.118. The highest BCUT2D eigenvalue weighted by Gasteiger charge is 2.06. The van der Waals surface area contributed by atoms with Gasteiger partial charge in [-0.3, -0.25) is 4.79 Å². The van der Waals surface area contributed by atoms with Crippen LogP contribution < -0.4 is 10.2 Å². The number of nitrogens with one attached hydrogen (secondary N) is 1. The van der Waals surface area contributed by atoms with Gasteiger partial charge in [0.15, 0.2) is 5.16 Å². The predicted octanol–water partition coefficient (Wildman–Crippen LogP) is 3.15. The molecule has 0 unspecified atom stereocenters. The molecule has 6 nitrogen and oxygen atoms in total. The Hall–Kier alpha value is -2.06. The first kappa shape index (κ1) is 19.3. The number of aryl methyl sites for hydroxylation is 1. The van der Waals surface area contributed by atoms with Gasteiger partial charge in [0.05, 0.1) is 18.6 Å². The Morgan fingerprint density at radius 1 is 1.28 bits per heavy atom. The van der Waals surface area contributed by atoms with Crippen molar-refractivity contribution in [3.8, 4) is 5.75 Å². The highest BCUT2D eigenvalue weighted by Crippen LogP contribution is 2.19. The zero-order valence-corrected chi connectivity index (χ0v) is 16.2. The highest BCUT2D eigenvalue weighted by atomic mass is 32.2. The van der Waals surface area contributed by atoms with Crippen LogP contribution >= 0.6 is 23.5 Å². The van der Waals surface area contributed by atoms with Crippen molar-refractivity contribution < 1.29 is 9.53 Å². The number of carbonyl (C=O) groups is 1. The van der Waals surface area contributed by atoms with Crippen LogP contribution in [0, 0.1) is 6.92 Å². The Morgan fingerprint density at radius 2 is 2.00 bits per heavy atom. The number of hydrazone groups is 1. The summed E-state index contributed by atoms with van der Waals surface area (Å²) in [6.07, 6.45) is 1.92. The maximum absolute atomic E-state index is 12.0. The van der Waals surface area contributed by atoms with E-state index in [2.05, 4.69) is 20.5 Å². The number of benzene rings is 1. The Labute approximate surface area is 155 Å². The normalized spacial score (nSPS) is 11.3. The van der Waals surface area contributed by atoms with E-state index < -0.39 is 0 Å². The van der Waals surface area contributed by atoms with Crippen molar-refractivity contribution in [2.75, 3.05) is 19.1 Å². The molecule has 1 heterocycles. The van der Waals surface area contributed by atoms with Crippen LogP contribution in [0.25, 0.3) is 0 Å². The summed E-state index contributed by atoms with van der Waals surface area (Å²) < 4.78 is 5.12. The molecular weight excluding hydrogens is 356 g/mol. The van der Waals surface area contributed by atoms with Gasteiger partial charge in [-0.15, -0.1) is 0 Å². The van der Waals surface area contributed by atoms with Crippen molar-refractivity contribution in [2.45, 2.75) is 24.0 Å². The fourth-order valence-corrected chi connectivity index (χ4v) is 3.12. The molecule has 1 N–H and O–H groups in total. The molecule has 2 aromatic rings. The molecule has 0 radical (unpaired) electrons. The van der Waals surface area contributed by atoms with Crippen molar-refractivity contribution in [1.29, 1.82) is 0 Å². The smallest absolute Gasteiger partial charge is 0.250 e.